The molecular formula is C11H20N2O2. The van der Waals surface area contributed by atoms with Gasteiger partial charge in [0.15, 0.2) is 0 Å². The van der Waals surface area contributed by atoms with Gasteiger partial charge in [-0.3, -0.25) is 0 Å². The van der Waals surface area contributed by atoms with E-state index < -0.39 is 5.60 Å². The number of carbonyl (C=O) groups excluding carboxylic acids is 1. The largest absolute Gasteiger partial charge is 0.444 e. The van der Waals surface area contributed by atoms with Crippen LogP contribution in [0.25, 0.3) is 0 Å². The molecule has 0 saturated heterocycles. The first kappa shape index (κ1) is 11.9. The minimum atomic E-state index is -0.413. The van der Waals surface area contributed by atoms with Crippen LogP contribution in [0.4, 0.5) is 4.79 Å². The predicted molar refractivity (Wildman–Crippen MR) is 59.6 cm³/mol. The van der Waals surface area contributed by atoms with E-state index in [-0.39, 0.29) is 6.09 Å². The molecule has 0 atom stereocenters. The zero-order chi connectivity index (χ0) is 11.5. The fourth-order valence-electron chi connectivity index (χ4n) is 1.39. The molecule has 0 unspecified atom stereocenters. The van der Waals surface area contributed by atoms with Crippen LogP contribution in [-0.4, -0.2) is 36.7 Å². The average Bonchev–Trinajstić information content (AvgIpc) is 2.15. The third-order valence-corrected chi connectivity index (χ3v) is 2.18. The molecule has 4 nitrogen and oxygen atoms in total. The first-order valence-corrected chi connectivity index (χ1v) is 5.27. The Balaban J connectivity index is 2.47. The number of nitrogens with zero attached hydrogens (tertiary/aromatic N) is 1. The van der Waals surface area contributed by atoms with Crippen LogP contribution in [-0.2, 0) is 4.74 Å². The molecule has 86 valence electrons. The molecule has 1 heterocycles. The molecule has 4 heteroatoms. The monoisotopic (exact) mass is 212 g/mol. The summed E-state index contributed by atoms with van der Waals surface area (Å²) in [5.41, 5.74) is 0.777. The van der Waals surface area contributed by atoms with E-state index in [0.717, 1.165) is 13.0 Å². The van der Waals surface area contributed by atoms with Crippen molar-refractivity contribution in [3.05, 3.63) is 11.8 Å². The van der Waals surface area contributed by atoms with Gasteiger partial charge in [-0.2, -0.15) is 0 Å². The van der Waals surface area contributed by atoms with Crippen LogP contribution in [0, 0.1) is 0 Å². The fourth-order valence-corrected chi connectivity index (χ4v) is 1.39. The van der Waals surface area contributed by atoms with Crippen LogP contribution in [0.1, 0.15) is 27.2 Å². The average molecular weight is 212 g/mol. The molecule has 1 amide bonds. The Kier molecular flexibility index (Phi) is 3.61. The molecule has 0 fully saturated rings. The Morgan fingerprint density at radius 2 is 2.20 bits per heavy atom. The van der Waals surface area contributed by atoms with Crippen LogP contribution in [0.3, 0.4) is 0 Å². The van der Waals surface area contributed by atoms with Gasteiger partial charge >= 0.3 is 6.09 Å². The van der Waals surface area contributed by atoms with Crippen LogP contribution in [0.15, 0.2) is 11.8 Å². The van der Waals surface area contributed by atoms with E-state index in [1.165, 1.54) is 5.70 Å². The lowest BCUT2D eigenvalue weighted by molar-refractivity contribution is 0.0265. The maximum Gasteiger partial charge on any atom is 0.410 e. The number of ether oxygens (including phenoxy) is 1. The van der Waals surface area contributed by atoms with Gasteiger partial charge in [0.2, 0.25) is 0 Å². The van der Waals surface area contributed by atoms with E-state index >= 15 is 0 Å². The van der Waals surface area contributed by atoms with Crippen molar-refractivity contribution in [2.24, 2.45) is 0 Å². The van der Waals surface area contributed by atoms with Crippen molar-refractivity contribution >= 4 is 6.09 Å². The second kappa shape index (κ2) is 4.55. The maximum atomic E-state index is 11.7. The summed E-state index contributed by atoms with van der Waals surface area (Å²) in [5.74, 6) is 0. The zero-order valence-electron chi connectivity index (χ0n) is 9.96. The zero-order valence-corrected chi connectivity index (χ0v) is 9.96. The minimum absolute atomic E-state index is 0.228. The summed E-state index contributed by atoms with van der Waals surface area (Å²) in [7, 11) is 1.90. The number of rotatable bonds is 1. The molecule has 0 radical (unpaired) electrons. The SMILES string of the molecule is CNC1=CCN(C(=O)OC(C)(C)C)CC1. The van der Waals surface area contributed by atoms with Crippen molar-refractivity contribution in [3.63, 3.8) is 0 Å². The molecule has 1 rings (SSSR count). The molecule has 1 aliphatic heterocycles. The van der Waals surface area contributed by atoms with Crippen molar-refractivity contribution in [1.29, 1.82) is 0 Å². The van der Waals surface area contributed by atoms with E-state index in [4.69, 9.17) is 4.74 Å². The summed E-state index contributed by atoms with van der Waals surface area (Å²) in [6.07, 6.45) is 2.66. The highest BCUT2D eigenvalue weighted by Crippen LogP contribution is 2.13. The molecule has 0 spiro atoms. The van der Waals surface area contributed by atoms with E-state index in [1.54, 1.807) is 4.90 Å². The van der Waals surface area contributed by atoms with Crippen molar-refractivity contribution in [2.75, 3.05) is 20.1 Å². The van der Waals surface area contributed by atoms with Gasteiger partial charge in [0.05, 0.1) is 0 Å². The highest BCUT2D eigenvalue weighted by Gasteiger charge is 2.23. The molecule has 0 bridgehead atoms. The molecule has 1 N–H and O–H groups in total. The summed E-state index contributed by atoms with van der Waals surface area (Å²) in [6.45, 7) is 6.99. The van der Waals surface area contributed by atoms with Gasteiger partial charge < -0.3 is 15.0 Å². The van der Waals surface area contributed by atoms with Crippen molar-refractivity contribution in [1.82, 2.24) is 10.2 Å². The Morgan fingerprint density at radius 3 is 2.60 bits per heavy atom. The number of hydrogen-bond acceptors (Lipinski definition) is 3. The van der Waals surface area contributed by atoms with E-state index in [9.17, 15) is 4.79 Å². The molecule has 0 aromatic carbocycles. The van der Waals surface area contributed by atoms with Gasteiger partial charge in [-0.25, -0.2) is 4.79 Å². The van der Waals surface area contributed by atoms with Gasteiger partial charge in [0, 0.05) is 32.3 Å². The molecule has 0 aliphatic carbocycles. The van der Waals surface area contributed by atoms with Crippen LogP contribution in [0.2, 0.25) is 0 Å². The summed E-state index contributed by atoms with van der Waals surface area (Å²) in [5, 5.41) is 3.09. The quantitative estimate of drug-likeness (QED) is 0.719. The Hall–Kier alpha value is -1.19. The lowest BCUT2D eigenvalue weighted by Crippen LogP contribution is -2.40. The van der Waals surface area contributed by atoms with Crippen molar-refractivity contribution < 1.29 is 9.53 Å². The minimum Gasteiger partial charge on any atom is -0.444 e. The predicted octanol–water partition coefficient (Wildman–Crippen LogP) is 1.73. The van der Waals surface area contributed by atoms with Gasteiger partial charge in [0.25, 0.3) is 0 Å². The molecule has 0 aromatic heterocycles. The number of carbonyl (C=O) groups is 1. The molecule has 1 aliphatic rings. The third-order valence-electron chi connectivity index (χ3n) is 2.18. The second-order valence-electron chi connectivity index (χ2n) is 4.66. The highest BCUT2D eigenvalue weighted by atomic mass is 16.6. The van der Waals surface area contributed by atoms with Crippen molar-refractivity contribution in [2.45, 2.75) is 32.8 Å². The Bertz CT molecular complexity index is 266. The third kappa shape index (κ3) is 3.81. The van der Waals surface area contributed by atoms with Crippen molar-refractivity contribution in [3.8, 4) is 0 Å². The Labute approximate surface area is 91.3 Å². The van der Waals surface area contributed by atoms with Gasteiger partial charge in [-0.1, -0.05) is 0 Å². The van der Waals surface area contributed by atoms with Gasteiger partial charge in [-0.05, 0) is 26.8 Å². The first-order chi connectivity index (χ1) is 6.92. The van der Waals surface area contributed by atoms with Gasteiger partial charge in [-0.15, -0.1) is 0 Å². The number of amides is 1. The molecule has 0 aromatic rings. The second-order valence-corrected chi connectivity index (χ2v) is 4.66. The highest BCUT2D eigenvalue weighted by molar-refractivity contribution is 5.68. The number of nitrogens with one attached hydrogen (secondary N) is 1. The Morgan fingerprint density at radius 1 is 1.53 bits per heavy atom. The molecule has 15 heavy (non-hydrogen) atoms. The van der Waals surface area contributed by atoms with E-state index in [0.29, 0.717) is 6.54 Å². The maximum absolute atomic E-state index is 11.7. The summed E-state index contributed by atoms with van der Waals surface area (Å²) >= 11 is 0. The first-order valence-electron chi connectivity index (χ1n) is 5.27. The number of hydrogen-bond donors (Lipinski definition) is 1. The van der Waals surface area contributed by atoms with Gasteiger partial charge in [0.1, 0.15) is 5.60 Å². The summed E-state index contributed by atoms with van der Waals surface area (Å²) in [6, 6.07) is 0. The standard InChI is InChI=1S/C11H20N2O2/c1-11(2,3)15-10(14)13-7-5-9(12-4)6-8-13/h5,12H,6-8H2,1-4H3. The van der Waals surface area contributed by atoms with Crippen LogP contribution < -0.4 is 5.32 Å². The lowest BCUT2D eigenvalue weighted by Gasteiger charge is -2.29. The normalized spacial score (nSPS) is 17.1. The topological polar surface area (TPSA) is 41.6 Å². The summed E-state index contributed by atoms with van der Waals surface area (Å²) < 4.78 is 5.28. The van der Waals surface area contributed by atoms with Crippen LogP contribution in [0.5, 0.6) is 0 Å². The molecule has 0 saturated carbocycles. The van der Waals surface area contributed by atoms with Crippen LogP contribution >= 0.6 is 0 Å². The lowest BCUT2D eigenvalue weighted by atomic mass is 10.2. The smallest absolute Gasteiger partial charge is 0.410 e. The van der Waals surface area contributed by atoms with E-state index in [2.05, 4.69) is 5.32 Å². The fraction of sp³-hybridized carbons (Fsp3) is 0.727. The summed E-state index contributed by atoms with van der Waals surface area (Å²) in [4.78, 5) is 13.4. The van der Waals surface area contributed by atoms with E-state index in [1.807, 2.05) is 33.9 Å². The molecular weight excluding hydrogens is 192 g/mol.